The Labute approximate surface area is 114 Å². The first-order valence-electron chi connectivity index (χ1n) is 7.09. The summed E-state index contributed by atoms with van der Waals surface area (Å²) >= 11 is 0. The minimum atomic E-state index is -0.534. The molecule has 4 heteroatoms. The number of hydrogen-bond acceptors (Lipinski definition) is 3. The Morgan fingerprint density at radius 2 is 2.32 bits per heavy atom. The van der Waals surface area contributed by atoms with Crippen LogP contribution in [-0.2, 0) is 6.54 Å². The molecule has 0 aromatic heterocycles. The summed E-state index contributed by atoms with van der Waals surface area (Å²) in [5.41, 5.74) is 0.918. The largest absolute Gasteiger partial charge is 0.505 e. The number of rotatable bonds is 5. The van der Waals surface area contributed by atoms with Crippen molar-refractivity contribution in [3.63, 3.8) is 0 Å². The molecule has 1 fully saturated rings. The molecule has 1 aliphatic rings. The van der Waals surface area contributed by atoms with Gasteiger partial charge in [0.2, 0.25) is 0 Å². The standard InChI is InChI=1S/C15H23FN2O/c1-2-18(11-13-4-3-7-17-9-13)10-12-5-6-15(19)14(16)8-12/h5-6,8,13,17,19H,2-4,7,9-11H2,1H3. The predicted molar refractivity (Wildman–Crippen MR) is 74.6 cm³/mol. The van der Waals surface area contributed by atoms with Crippen molar-refractivity contribution in [2.75, 3.05) is 26.2 Å². The van der Waals surface area contributed by atoms with Crippen molar-refractivity contribution in [2.45, 2.75) is 26.3 Å². The van der Waals surface area contributed by atoms with E-state index in [1.54, 1.807) is 6.07 Å². The van der Waals surface area contributed by atoms with E-state index in [-0.39, 0.29) is 5.75 Å². The zero-order chi connectivity index (χ0) is 13.7. The quantitative estimate of drug-likeness (QED) is 0.859. The van der Waals surface area contributed by atoms with Crippen LogP contribution in [0.2, 0.25) is 0 Å². The highest BCUT2D eigenvalue weighted by molar-refractivity contribution is 5.27. The van der Waals surface area contributed by atoms with Gasteiger partial charge < -0.3 is 10.4 Å². The Kier molecular flexibility index (Phi) is 5.16. The van der Waals surface area contributed by atoms with Gasteiger partial charge in [-0.1, -0.05) is 13.0 Å². The molecular formula is C15H23FN2O. The van der Waals surface area contributed by atoms with Gasteiger partial charge in [0.05, 0.1) is 0 Å². The van der Waals surface area contributed by atoms with E-state index in [0.717, 1.165) is 38.3 Å². The zero-order valence-corrected chi connectivity index (χ0v) is 11.5. The molecule has 106 valence electrons. The lowest BCUT2D eigenvalue weighted by Gasteiger charge is -2.29. The summed E-state index contributed by atoms with van der Waals surface area (Å²) in [6.45, 7) is 7.09. The van der Waals surface area contributed by atoms with Gasteiger partial charge in [0, 0.05) is 13.1 Å². The summed E-state index contributed by atoms with van der Waals surface area (Å²) < 4.78 is 13.3. The monoisotopic (exact) mass is 266 g/mol. The highest BCUT2D eigenvalue weighted by Crippen LogP contribution is 2.18. The molecule has 1 unspecified atom stereocenters. The van der Waals surface area contributed by atoms with Crippen LogP contribution in [0.3, 0.4) is 0 Å². The average molecular weight is 266 g/mol. The van der Waals surface area contributed by atoms with E-state index >= 15 is 0 Å². The second-order valence-electron chi connectivity index (χ2n) is 5.33. The molecule has 1 atom stereocenters. The molecule has 1 aromatic rings. The summed E-state index contributed by atoms with van der Waals surface area (Å²) in [6, 6.07) is 4.65. The van der Waals surface area contributed by atoms with Crippen LogP contribution in [0.25, 0.3) is 0 Å². The van der Waals surface area contributed by atoms with E-state index < -0.39 is 5.82 Å². The van der Waals surface area contributed by atoms with Gasteiger partial charge >= 0.3 is 0 Å². The lowest BCUT2D eigenvalue weighted by atomic mass is 9.99. The van der Waals surface area contributed by atoms with Crippen LogP contribution in [0.15, 0.2) is 18.2 Å². The third-order valence-electron chi connectivity index (χ3n) is 3.78. The van der Waals surface area contributed by atoms with E-state index in [1.807, 2.05) is 0 Å². The minimum Gasteiger partial charge on any atom is -0.505 e. The smallest absolute Gasteiger partial charge is 0.165 e. The van der Waals surface area contributed by atoms with Crippen LogP contribution < -0.4 is 5.32 Å². The maximum atomic E-state index is 13.3. The molecule has 2 rings (SSSR count). The van der Waals surface area contributed by atoms with Crippen LogP contribution in [0.1, 0.15) is 25.3 Å². The van der Waals surface area contributed by atoms with Gasteiger partial charge in [-0.25, -0.2) is 4.39 Å². The molecule has 0 saturated carbocycles. The van der Waals surface area contributed by atoms with Crippen LogP contribution in [0, 0.1) is 11.7 Å². The highest BCUT2D eigenvalue weighted by Gasteiger charge is 2.16. The summed E-state index contributed by atoms with van der Waals surface area (Å²) in [7, 11) is 0. The molecule has 0 aliphatic carbocycles. The lowest BCUT2D eigenvalue weighted by molar-refractivity contribution is 0.209. The van der Waals surface area contributed by atoms with E-state index in [9.17, 15) is 9.50 Å². The minimum absolute atomic E-state index is 0.275. The average Bonchev–Trinajstić information content (AvgIpc) is 2.43. The number of halogens is 1. The van der Waals surface area contributed by atoms with Gasteiger partial charge in [0.25, 0.3) is 0 Å². The van der Waals surface area contributed by atoms with Crippen molar-refractivity contribution in [3.05, 3.63) is 29.6 Å². The second kappa shape index (κ2) is 6.87. The van der Waals surface area contributed by atoms with Crippen molar-refractivity contribution in [1.82, 2.24) is 10.2 Å². The molecule has 0 spiro atoms. The number of benzene rings is 1. The van der Waals surface area contributed by atoms with Crippen molar-refractivity contribution >= 4 is 0 Å². The van der Waals surface area contributed by atoms with Crippen LogP contribution in [-0.4, -0.2) is 36.2 Å². The van der Waals surface area contributed by atoms with E-state index in [0.29, 0.717) is 5.92 Å². The molecule has 0 radical (unpaired) electrons. The molecule has 2 N–H and O–H groups in total. The number of aromatic hydroxyl groups is 1. The number of nitrogens with zero attached hydrogens (tertiary/aromatic N) is 1. The zero-order valence-electron chi connectivity index (χ0n) is 11.5. The Hall–Kier alpha value is -1.13. The molecule has 1 heterocycles. The number of phenols is 1. The fraction of sp³-hybridized carbons (Fsp3) is 0.600. The summed E-state index contributed by atoms with van der Waals surface area (Å²) in [6.07, 6.45) is 2.52. The Balaban J connectivity index is 1.92. The highest BCUT2D eigenvalue weighted by atomic mass is 19.1. The first-order valence-corrected chi connectivity index (χ1v) is 7.09. The third-order valence-corrected chi connectivity index (χ3v) is 3.78. The van der Waals surface area contributed by atoms with Gasteiger partial charge in [-0.3, -0.25) is 4.90 Å². The van der Waals surface area contributed by atoms with E-state index in [2.05, 4.69) is 17.1 Å². The Morgan fingerprint density at radius 3 is 2.95 bits per heavy atom. The molecule has 3 nitrogen and oxygen atoms in total. The van der Waals surface area contributed by atoms with Gasteiger partial charge in [-0.2, -0.15) is 0 Å². The number of nitrogens with one attached hydrogen (secondary N) is 1. The molecule has 1 aromatic carbocycles. The van der Waals surface area contributed by atoms with E-state index in [1.165, 1.54) is 25.0 Å². The van der Waals surface area contributed by atoms with Crippen molar-refractivity contribution < 1.29 is 9.50 Å². The Morgan fingerprint density at radius 1 is 1.47 bits per heavy atom. The molecule has 1 aliphatic heterocycles. The molecular weight excluding hydrogens is 243 g/mol. The SMILES string of the molecule is CCN(Cc1ccc(O)c(F)c1)CC1CCCNC1. The molecule has 0 bridgehead atoms. The third kappa shape index (κ3) is 4.18. The second-order valence-corrected chi connectivity index (χ2v) is 5.33. The predicted octanol–water partition coefficient (Wildman–Crippen LogP) is 2.35. The van der Waals surface area contributed by atoms with E-state index in [4.69, 9.17) is 0 Å². The topological polar surface area (TPSA) is 35.5 Å². The first-order chi connectivity index (χ1) is 9.19. The van der Waals surface area contributed by atoms with Crippen LogP contribution in [0.4, 0.5) is 4.39 Å². The summed E-state index contributed by atoms with van der Waals surface area (Å²) in [5.74, 6) is -0.119. The van der Waals surface area contributed by atoms with Gasteiger partial charge in [0.1, 0.15) is 0 Å². The van der Waals surface area contributed by atoms with Gasteiger partial charge in [-0.15, -0.1) is 0 Å². The summed E-state index contributed by atoms with van der Waals surface area (Å²) in [4.78, 5) is 2.34. The van der Waals surface area contributed by atoms with Crippen LogP contribution in [0.5, 0.6) is 5.75 Å². The van der Waals surface area contributed by atoms with Gasteiger partial charge in [0.15, 0.2) is 11.6 Å². The lowest BCUT2D eigenvalue weighted by Crippen LogP contribution is -2.38. The van der Waals surface area contributed by atoms with Gasteiger partial charge in [-0.05, 0) is 56.1 Å². The van der Waals surface area contributed by atoms with Crippen molar-refractivity contribution in [1.29, 1.82) is 0 Å². The van der Waals surface area contributed by atoms with Crippen molar-refractivity contribution in [2.24, 2.45) is 5.92 Å². The number of phenolic OH excluding ortho intramolecular Hbond substituents is 1. The number of piperidine rings is 1. The Bertz CT molecular complexity index is 405. The maximum absolute atomic E-state index is 13.3. The fourth-order valence-corrected chi connectivity index (χ4v) is 2.66. The normalized spacial score (nSPS) is 19.8. The van der Waals surface area contributed by atoms with Crippen molar-refractivity contribution in [3.8, 4) is 5.75 Å². The molecule has 0 amide bonds. The fourth-order valence-electron chi connectivity index (χ4n) is 2.66. The molecule has 1 saturated heterocycles. The number of hydrogen-bond donors (Lipinski definition) is 2. The molecule has 19 heavy (non-hydrogen) atoms. The first kappa shape index (κ1) is 14.3. The van der Waals surface area contributed by atoms with Crippen LogP contribution >= 0.6 is 0 Å². The summed E-state index contributed by atoms with van der Waals surface area (Å²) in [5, 5.41) is 12.6. The maximum Gasteiger partial charge on any atom is 0.165 e.